The van der Waals surface area contributed by atoms with Crippen LogP contribution < -0.4 is 20.8 Å². The molecule has 0 radical (unpaired) electrons. The Labute approximate surface area is 203 Å². The van der Waals surface area contributed by atoms with Gasteiger partial charge >= 0.3 is 11.8 Å². The minimum atomic E-state index is -0.971. The first-order valence-corrected chi connectivity index (χ1v) is 10.4. The maximum Gasteiger partial charge on any atom is 0.329 e. The Hall–Kier alpha value is -3.95. The van der Waals surface area contributed by atoms with Crippen molar-refractivity contribution >= 4 is 58.5 Å². The first kappa shape index (κ1) is 24.7. The fraction of sp³-hybridized carbons (Fsp3) is 0.0435. The maximum atomic E-state index is 13.2. The largest absolute Gasteiger partial charge is 0.484 e. The van der Waals surface area contributed by atoms with Crippen molar-refractivity contribution in [3.8, 4) is 5.75 Å². The predicted molar refractivity (Wildman–Crippen MR) is 128 cm³/mol. The van der Waals surface area contributed by atoms with Crippen molar-refractivity contribution < 1.29 is 23.5 Å². The second-order valence-corrected chi connectivity index (χ2v) is 7.55. The van der Waals surface area contributed by atoms with E-state index < -0.39 is 23.5 Å². The molecule has 0 heterocycles. The maximum absolute atomic E-state index is 13.2. The smallest absolute Gasteiger partial charge is 0.329 e. The molecule has 0 spiro atoms. The number of hydrogen-bond donors (Lipinski definition) is 3. The highest BCUT2D eigenvalue weighted by Gasteiger charge is 2.13. The number of hydrogen-bond acceptors (Lipinski definition) is 5. The number of anilines is 2. The van der Waals surface area contributed by atoms with Gasteiger partial charge in [-0.25, -0.2) is 9.82 Å². The van der Waals surface area contributed by atoms with Gasteiger partial charge in [-0.2, -0.15) is 5.10 Å². The normalized spacial score (nSPS) is 10.6. The van der Waals surface area contributed by atoms with Crippen molar-refractivity contribution in [2.75, 3.05) is 17.2 Å². The van der Waals surface area contributed by atoms with Gasteiger partial charge in [0.1, 0.15) is 11.6 Å². The van der Waals surface area contributed by atoms with Crippen molar-refractivity contribution in [3.63, 3.8) is 0 Å². The van der Waals surface area contributed by atoms with E-state index in [9.17, 15) is 18.8 Å². The van der Waals surface area contributed by atoms with Crippen LogP contribution in [-0.4, -0.2) is 30.5 Å². The SMILES string of the molecule is O=C(COc1cccc(/C=N\NC(=O)C(=O)Nc2cccc(Cl)c2)c1)Nc1ccc(F)c(Cl)c1. The summed E-state index contributed by atoms with van der Waals surface area (Å²) in [7, 11) is 0. The lowest BCUT2D eigenvalue weighted by Crippen LogP contribution is -2.32. The number of ether oxygens (including phenoxy) is 1. The molecule has 0 aromatic heterocycles. The Bertz CT molecular complexity index is 1250. The fourth-order valence-electron chi connectivity index (χ4n) is 2.57. The molecule has 11 heteroatoms. The molecule has 3 N–H and O–H groups in total. The lowest BCUT2D eigenvalue weighted by Gasteiger charge is -2.08. The van der Waals surface area contributed by atoms with Crippen LogP contribution in [0.3, 0.4) is 0 Å². The molecule has 0 bridgehead atoms. The molecule has 0 unspecified atom stereocenters. The Balaban J connectivity index is 1.48. The van der Waals surface area contributed by atoms with Crippen molar-refractivity contribution in [2.24, 2.45) is 5.10 Å². The summed E-state index contributed by atoms with van der Waals surface area (Å²) < 4.78 is 18.6. The zero-order valence-corrected chi connectivity index (χ0v) is 18.9. The number of benzene rings is 3. The molecule has 34 heavy (non-hydrogen) atoms. The third kappa shape index (κ3) is 7.58. The van der Waals surface area contributed by atoms with E-state index in [1.165, 1.54) is 24.4 Å². The van der Waals surface area contributed by atoms with E-state index in [4.69, 9.17) is 27.9 Å². The summed E-state index contributed by atoms with van der Waals surface area (Å²) in [5, 5.41) is 8.98. The van der Waals surface area contributed by atoms with Crippen LogP contribution in [-0.2, 0) is 14.4 Å². The summed E-state index contributed by atoms with van der Waals surface area (Å²) >= 11 is 11.5. The zero-order chi connectivity index (χ0) is 24.5. The quantitative estimate of drug-likeness (QED) is 0.255. The second-order valence-electron chi connectivity index (χ2n) is 6.70. The first-order valence-electron chi connectivity index (χ1n) is 9.68. The van der Waals surface area contributed by atoms with Crippen LogP contribution >= 0.6 is 23.2 Å². The van der Waals surface area contributed by atoms with Crippen LogP contribution in [0.5, 0.6) is 5.75 Å². The summed E-state index contributed by atoms with van der Waals surface area (Å²) in [5.74, 6) is -2.58. The van der Waals surface area contributed by atoms with E-state index in [-0.39, 0.29) is 11.6 Å². The van der Waals surface area contributed by atoms with Crippen LogP contribution in [0.25, 0.3) is 0 Å². The van der Waals surface area contributed by atoms with Gasteiger partial charge in [0.15, 0.2) is 6.61 Å². The van der Waals surface area contributed by atoms with Gasteiger partial charge < -0.3 is 15.4 Å². The molecule has 3 aromatic rings. The van der Waals surface area contributed by atoms with Gasteiger partial charge in [-0.05, 0) is 54.1 Å². The number of carbonyl (C=O) groups is 3. The van der Waals surface area contributed by atoms with Crippen molar-refractivity contribution in [1.29, 1.82) is 0 Å². The third-order valence-electron chi connectivity index (χ3n) is 4.10. The number of hydrazone groups is 1. The molecular formula is C23H17Cl2FN4O4. The number of nitrogens with one attached hydrogen (secondary N) is 3. The van der Waals surface area contributed by atoms with E-state index in [0.29, 0.717) is 27.7 Å². The van der Waals surface area contributed by atoms with Crippen molar-refractivity contribution in [1.82, 2.24) is 5.43 Å². The molecule has 0 aliphatic carbocycles. The molecule has 3 amide bonds. The predicted octanol–water partition coefficient (Wildman–Crippen LogP) is 4.24. The average Bonchev–Trinajstić information content (AvgIpc) is 2.80. The van der Waals surface area contributed by atoms with E-state index in [1.54, 1.807) is 42.5 Å². The number of amides is 3. The highest BCUT2D eigenvalue weighted by Crippen LogP contribution is 2.19. The molecule has 8 nitrogen and oxygen atoms in total. The molecule has 0 atom stereocenters. The van der Waals surface area contributed by atoms with Gasteiger partial charge in [0.2, 0.25) is 0 Å². The number of carbonyl (C=O) groups excluding carboxylic acids is 3. The van der Waals surface area contributed by atoms with E-state index in [0.717, 1.165) is 6.07 Å². The van der Waals surface area contributed by atoms with E-state index in [2.05, 4.69) is 21.2 Å². The molecule has 0 aliphatic heterocycles. The van der Waals surface area contributed by atoms with E-state index in [1.807, 2.05) is 0 Å². The Morgan fingerprint density at radius 1 is 0.912 bits per heavy atom. The molecule has 3 aromatic carbocycles. The van der Waals surface area contributed by atoms with Crippen LogP contribution in [0.1, 0.15) is 5.56 Å². The van der Waals surface area contributed by atoms with Crippen molar-refractivity contribution in [2.45, 2.75) is 0 Å². The summed E-state index contributed by atoms with van der Waals surface area (Å²) in [4.78, 5) is 35.8. The molecule has 0 fully saturated rings. The number of halogens is 3. The van der Waals surface area contributed by atoms with Crippen LogP contribution in [0.4, 0.5) is 15.8 Å². The molecule has 0 saturated carbocycles. The zero-order valence-electron chi connectivity index (χ0n) is 17.3. The summed E-state index contributed by atoms with van der Waals surface area (Å²) in [5.41, 5.74) is 3.35. The molecule has 0 saturated heterocycles. The van der Waals surface area contributed by atoms with Gasteiger partial charge in [0.05, 0.1) is 11.2 Å². The van der Waals surface area contributed by atoms with Gasteiger partial charge in [0, 0.05) is 16.4 Å². The monoisotopic (exact) mass is 502 g/mol. The third-order valence-corrected chi connectivity index (χ3v) is 4.62. The Kier molecular flexibility index (Phi) is 8.55. The van der Waals surface area contributed by atoms with Crippen LogP contribution in [0, 0.1) is 5.82 Å². The summed E-state index contributed by atoms with van der Waals surface area (Å²) in [6.45, 7) is -0.310. The second kappa shape index (κ2) is 11.8. The standard InChI is InChI=1S/C23H17Cl2FN4O4/c24-15-4-2-5-16(10-15)29-22(32)23(33)30-27-12-14-3-1-6-18(9-14)34-13-21(31)28-17-7-8-20(26)19(25)11-17/h1-12H,13H2,(H,28,31)(H,29,32)(H,30,33)/b27-12-. The van der Waals surface area contributed by atoms with Gasteiger partial charge in [-0.1, -0.05) is 41.4 Å². The van der Waals surface area contributed by atoms with E-state index >= 15 is 0 Å². The molecule has 0 aliphatic rings. The lowest BCUT2D eigenvalue weighted by molar-refractivity contribution is -0.136. The number of nitrogens with zero attached hydrogens (tertiary/aromatic N) is 1. The van der Waals surface area contributed by atoms with Gasteiger partial charge in [-0.3, -0.25) is 14.4 Å². The summed E-state index contributed by atoms with van der Waals surface area (Å²) in [6, 6.07) is 16.7. The molecule has 174 valence electrons. The fourth-order valence-corrected chi connectivity index (χ4v) is 2.95. The minimum Gasteiger partial charge on any atom is -0.484 e. The average molecular weight is 503 g/mol. The lowest BCUT2D eigenvalue weighted by atomic mass is 10.2. The Morgan fingerprint density at radius 2 is 1.68 bits per heavy atom. The van der Waals surface area contributed by atoms with Gasteiger partial charge in [0.25, 0.3) is 5.91 Å². The Morgan fingerprint density at radius 3 is 2.44 bits per heavy atom. The molecular weight excluding hydrogens is 486 g/mol. The van der Waals surface area contributed by atoms with Crippen molar-refractivity contribution in [3.05, 3.63) is 88.2 Å². The van der Waals surface area contributed by atoms with Crippen LogP contribution in [0.15, 0.2) is 71.8 Å². The number of rotatable bonds is 7. The highest BCUT2D eigenvalue weighted by molar-refractivity contribution is 6.39. The highest BCUT2D eigenvalue weighted by atomic mass is 35.5. The first-order chi connectivity index (χ1) is 16.3. The van der Waals surface area contributed by atoms with Crippen LogP contribution in [0.2, 0.25) is 10.0 Å². The summed E-state index contributed by atoms with van der Waals surface area (Å²) in [6.07, 6.45) is 1.30. The topological polar surface area (TPSA) is 109 Å². The van der Waals surface area contributed by atoms with Gasteiger partial charge in [-0.15, -0.1) is 0 Å². The minimum absolute atomic E-state index is 0.111. The molecule has 3 rings (SSSR count).